The number of ether oxygens (including phenoxy) is 1. The summed E-state index contributed by atoms with van der Waals surface area (Å²) in [5.41, 5.74) is 4.66. The molecule has 2 N–H and O–H groups in total. The average molecular weight is 416 g/mol. The van der Waals surface area contributed by atoms with Crippen molar-refractivity contribution in [1.82, 2.24) is 4.72 Å². The Bertz CT molecular complexity index is 935. The zero-order valence-electron chi connectivity index (χ0n) is 17.1. The minimum Gasteiger partial charge on any atom is -0.370 e. The Morgan fingerprint density at radius 1 is 1.00 bits per heavy atom. The van der Waals surface area contributed by atoms with E-state index < -0.39 is 10.0 Å². The second kappa shape index (κ2) is 8.96. The summed E-state index contributed by atoms with van der Waals surface area (Å²) in [4.78, 5) is 1.75. The van der Waals surface area contributed by atoms with Crippen molar-refractivity contribution >= 4 is 10.0 Å². The van der Waals surface area contributed by atoms with Gasteiger partial charge in [0.1, 0.15) is 13.1 Å². The maximum atomic E-state index is 13.3. The molecule has 1 aliphatic heterocycles. The lowest BCUT2D eigenvalue weighted by Gasteiger charge is -2.28. The zero-order chi connectivity index (χ0) is 20.3. The van der Waals surface area contributed by atoms with E-state index >= 15 is 0 Å². The van der Waals surface area contributed by atoms with E-state index in [9.17, 15) is 8.42 Å². The summed E-state index contributed by atoms with van der Waals surface area (Å²) >= 11 is 0. The number of aryl methyl sites for hydroxylation is 3. The first kappa shape index (κ1) is 20.5. The minimum absolute atomic E-state index is 0.260. The number of morpholine rings is 1. The van der Waals surface area contributed by atoms with E-state index in [1.807, 2.05) is 43.3 Å². The van der Waals surface area contributed by atoms with Gasteiger partial charge in [0.25, 0.3) is 0 Å². The molecule has 0 saturated carbocycles. The number of quaternary nitrogens is 1. The van der Waals surface area contributed by atoms with Crippen LogP contribution < -0.4 is 9.62 Å². The van der Waals surface area contributed by atoms with Crippen LogP contribution in [-0.2, 0) is 27.6 Å². The van der Waals surface area contributed by atoms with Crippen molar-refractivity contribution in [2.45, 2.75) is 43.5 Å². The average Bonchev–Trinajstić information content (AvgIpc) is 2.74. The molecule has 2 aromatic rings. The molecule has 1 heterocycles. The molecular weight excluding hydrogens is 384 g/mol. The van der Waals surface area contributed by atoms with E-state index in [-0.39, 0.29) is 6.04 Å². The fourth-order valence-corrected chi connectivity index (χ4v) is 5.59. The monoisotopic (exact) mass is 415 g/mol. The first-order valence-corrected chi connectivity index (χ1v) is 12.1. The molecule has 2 aromatic carbocycles. The Kier molecular flexibility index (Phi) is 6.35. The summed E-state index contributed by atoms with van der Waals surface area (Å²) in [6.07, 6.45) is 4.35. The van der Waals surface area contributed by atoms with E-state index in [0.717, 1.165) is 57.7 Å². The number of hydrogen-bond donors (Lipinski definition) is 2. The Labute approximate surface area is 174 Å². The van der Waals surface area contributed by atoms with Gasteiger partial charge in [0.15, 0.2) is 0 Å². The third kappa shape index (κ3) is 5.07. The van der Waals surface area contributed by atoms with Crippen LogP contribution in [-0.4, -0.2) is 41.3 Å². The first-order valence-electron chi connectivity index (χ1n) is 10.6. The van der Waals surface area contributed by atoms with Gasteiger partial charge >= 0.3 is 0 Å². The smallest absolute Gasteiger partial charge is 0.241 e. The molecule has 1 fully saturated rings. The fraction of sp³-hybridized carbons (Fsp3) is 0.478. The lowest BCUT2D eigenvalue weighted by Crippen LogP contribution is -3.14. The van der Waals surface area contributed by atoms with Crippen LogP contribution in [0.1, 0.15) is 41.1 Å². The van der Waals surface area contributed by atoms with Crippen LogP contribution in [0.2, 0.25) is 0 Å². The predicted molar refractivity (Wildman–Crippen MR) is 114 cm³/mol. The largest absolute Gasteiger partial charge is 0.370 e. The molecule has 0 aromatic heterocycles. The molecule has 1 aliphatic carbocycles. The van der Waals surface area contributed by atoms with Crippen LogP contribution in [0.15, 0.2) is 47.4 Å². The highest BCUT2D eigenvalue weighted by Gasteiger charge is 2.27. The SMILES string of the molecule is Cc1ccc([C@H](C[NH+]2CCOCC2)NS(=O)(=O)c2ccc3c(c2)CCCC3)cc1. The van der Waals surface area contributed by atoms with E-state index in [0.29, 0.717) is 4.90 Å². The number of nitrogens with one attached hydrogen (secondary N) is 2. The van der Waals surface area contributed by atoms with Crippen molar-refractivity contribution in [2.75, 3.05) is 32.8 Å². The maximum Gasteiger partial charge on any atom is 0.241 e. The number of hydrogen-bond acceptors (Lipinski definition) is 3. The highest BCUT2D eigenvalue weighted by molar-refractivity contribution is 7.89. The van der Waals surface area contributed by atoms with E-state index in [4.69, 9.17) is 4.74 Å². The van der Waals surface area contributed by atoms with Crippen molar-refractivity contribution in [1.29, 1.82) is 0 Å². The molecule has 1 atom stereocenters. The molecule has 1 saturated heterocycles. The van der Waals surface area contributed by atoms with Gasteiger partial charge in [-0.05, 0) is 61.4 Å². The van der Waals surface area contributed by atoms with Crippen LogP contribution in [0, 0.1) is 6.92 Å². The first-order chi connectivity index (χ1) is 14.0. The number of fused-ring (bicyclic) bond motifs is 1. The normalized spacial score (nSPS) is 18.9. The molecule has 0 radical (unpaired) electrons. The van der Waals surface area contributed by atoms with Crippen molar-refractivity contribution in [3.05, 3.63) is 64.7 Å². The summed E-state index contributed by atoms with van der Waals surface area (Å²) in [7, 11) is -3.60. The van der Waals surface area contributed by atoms with Crippen LogP contribution in [0.25, 0.3) is 0 Å². The molecule has 156 valence electrons. The van der Waals surface area contributed by atoms with Crippen LogP contribution in [0.4, 0.5) is 0 Å². The molecule has 0 amide bonds. The lowest BCUT2D eigenvalue weighted by atomic mass is 9.92. The highest BCUT2D eigenvalue weighted by atomic mass is 32.2. The van der Waals surface area contributed by atoms with Gasteiger partial charge in [-0.2, -0.15) is 4.72 Å². The molecule has 29 heavy (non-hydrogen) atoms. The Hall–Kier alpha value is -1.73. The molecule has 6 heteroatoms. The number of rotatable bonds is 6. The lowest BCUT2D eigenvalue weighted by molar-refractivity contribution is -0.909. The van der Waals surface area contributed by atoms with E-state index in [2.05, 4.69) is 4.72 Å². The quantitative estimate of drug-likeness (QED) is 0.757. The van der Waals surface area contributed by atoms with Gasteiger partial charge < -0.3 is 9.64 Å². The summed E-state index contributed by atoms with van der Waals surface area (Å²) in [5.74, 6) is 0. The van der Waals surface area contributed by atoms with Gasteiger partial charge in [-0.15, -0.1) is 0 Å². The molecule has 5 nitrogen and oxygen atoms in total. The zero-order valence-corrected chi connectivity index (χ0v) is 17.9. The van der Waals surface area contributed by atoms with Gasteiger partial charge in [0.05, 0.1) is 30.7 Å². The molecule has 0 bridgehead atoms. The second-order valence-electron chi connectivity index (χ2n) is 8.29. The van der Waals surface area contributed by atoms with Gasteiger partial charge in [-0.1, -0.05) is 35.9 Å². The van der Waals surface area contributed by atoms with Crippen molar-refractivity contribution in [2.24, 2.45) is 0 Å². The number of benzene rings is 2. The second-order valence-corrected chi connectivity index (χ2v) is 10.0. The van der Waals surface area contributed by atoms with Crippen molar-refractivity contribution in [3.63, 3.8) is 0 Å². The Morgan fingerprint density at radius 3 is 2.41 bits per heavy atom. The highest BCUT2D eigenvalue weighted by Crippen LogP contribution is 2.25. The summed E-state index contributed by atoms with van der Waals surface area (Å²) in [6, 6.07) is 13.5. The standard InChI is InChI=1S/C23H30N2O3S/c1-18-6-8-20(9-7-18)23(17-25-12-14-28-15-13-25)24-29(26,27)22-11-10-19-4-2-3-5-21(19)16-22/h6-11,16,23-24H,2-5,12-15,17H2,1H3/p+1/t23-/m0/s1. The molecule has 0 spiro atoms. The minimum atomic E-state index is -3.60. The van der Waals surface area contributed by atoms with Gasteiger partial charge in [0, 0.05) is 0 Å². The molecule has 4 rings (SSSR count). The van der Waals surface area contributed by atoms with Gasteiger partial charge in [-0.3, -0.25) is 0 Å². The van der Waals surface area contributed by atoms with Crippen LogP contribution in [0.3, 0.4) is 0 Å². The summed E-state index contributed by atoms with van der Waals surface area (Å²) < 4.78 is 35.0. The topological polar surface area (TPSA) is 59.8 Å². The van der Waals surface area contributed by atoms with E-state index in [1.54, 1.807) is 6.07 Å². The van der Waals surface area contributed by atoms with Crippen LogP contribution >= 0.6 is 0 Å². The molecule has 2 aliphatic rings. The number of sulfonamides is 1. The predicted octanol–water partition coefficient (Wildman–Crippen LogP) is 1.81. The van der Waals surface area contributed by atoms with Gasteiger partial charge in [0.2, 0.25) is 10.0 Å². The Morgan fingerprint density at radius 2 is 1.69 bits per heavy atom. The third-order valence-electron chi connectivity index (χ3n) is 6.10. The van der Waals surface area contributed by atoms with Gasteiger partial charge in [-0.25, -0.2) is 8.42 Å². The summed E-state index contributed by atoms with van der Waals surface area (Å²) in [6.45, 7) is 6.03. The van der Waals surface area contributed by atoms with E-state index in [1.165, 1.54) is 28.0 Å². The Balaban J connectivity index is 1.59. The van der Waals surface area contributed by atoms with Crippen LogP contribution in [0.5, 0.6) is 0 Å². The van der Waals surface area contributed by atoms with Crippen molar-refractivity contribution < 1.29 is 18.1 Å². The third-order valence-corrected chi connectivity index (χ3v) is 7.57. The molecule has 0 unspecified atom stereocenters. The fourth-order valence-electron chi connectivity index (χ4n) is 4.31. The summed E-state index contributed by atoms with van der Waals surface area (Å²) in [5, 5.41) is 0. The maximum absolute atomic E-state index is 13.3. The van der Waals surface area contributed by atoms with Crippen molar-refractivity contribution in [3.8, 4) is 0 Å². The molecular formula is C23H31N2O3S+.